The van der Waals surface area contributed by atoms with Gasteiger partial charge >= 0.3 is 0 Å². The SMILES string of the molecule is CC(C)(C)n1cnc2nc(C#N)ccc2c1=O. The van der Waals surface area contributed by atoms with Gasteiger partial charge in [-0.3, -0.25) is 9.36 Å². The Hall–Kier alpha value is -2.22. The molecule has 2 aromatic rings. The molecule has 0 fully saturated rings. The summed E-state index contributed by atoms with van der Waals surface area (Å²) in [5, 5.41) is 9.16. The lowest BCUT2D eigenvalue weighted by atomic mass is 10.1. The first-order valence-corrected chi connectivity index (χ1v) is 5.22. The van der Waals surface area contributed by atoms with E-state index in [-0.39, 0.29) is 16.8 Å². The van der Waals surface area contributed by atoms with Gasteiger partial charge in [-0.1, -0.05) is 0 Å². The zero-order valence-corrected chi connectivity index (χ0v) is 9.93. The Balaban J connectivity index is 2.79. The zero-order chi connectivity index (χ0) is 12.6. The first kappa shape index (κ1) is 11.3. The van der Waals surface area contributed by atoms with Crippen LogP contribution >= 0.6 is 0 Å². The minimum Gasteiger partial charge on any atom is -0.293 e. The van der Waals surface area contributed by atoms with Gasteiger partial charge in [0.15, 0.2) is 5.65 Å². The summed E-state index contributed by atoms with van der Waals surface area (Å²) >= 11 is 0. The predicted octanol–water partition coefficient (Wildman–Crippen LogP) is 1.42. The van der Waals surface area contributed by atoms with E-state index in [0.717, 1.165) is 0 Å². The molecule has 0 spiro atoms. The lowest BCUT2D eigenvalue weighted by Gasteiger charge is -2.21. The molecular formula is C12H12N4O. The second kappa shape index (κ2) is 3.67. The number of aromatic nitrogens is 3. The number of hydrogen-bond donors (Lipinski definition) is 0. The Bertz CT molecular complexity index is 673. The highest BCUT2D eigenvalue weighted by Gasteiger charge is 2.16. The molecular weight excluding hydrogens is 216 g/mol. The van der Waals surface area contributed by atoms with Gasteiger partial charge in [-0.05, 0) is 32.9 Å². The van der Waals surface area contributed by atoms with Crippen LogP contribution in [0.2, 0.25) is 0 Å². The number of rotatable bonds is 0. The molecule has 5 nitrogen and oxygen atoms in total. The molecule has 0 aromatic carbocycles. The number of nitrogens with zero attached hydrogens (tertiary/aromatic N) is 4. The van der Waals surface area contributed by atoms with Crippen LogP contribution in [0.15, 0.2) is 23.3 Å². The summed E-state index contributed by atoms with van der Waals surface area (Å²) in [7, 11) is 0. The quantitative estimate of drug-likeness (QED) is 0.683. The lowest BCUT2D eigenvalue weighted by molar-refractivity contribution is 0.381. The van der Waals surface area contributed by atoms with Crippen molar-refractivity contribution in [1.82, 2.24) is 14.5 Å². The minimum atomic E-state index is -0.327. The smallest absolute Gasteiger partial charge is 0.263 e. The van der Waals surface area contributed by atoms with Crippen LogP contribution in [0.25, 0.3) is 11.0 Å². The molecule has 17 heavy (non-hydrogen) atoms. The molecule has 0 aliphatic rings. The molecule has 2 aromatic heterocycles. The Morgan fingerprint density at radius 1 is 1.35 bits per heavy atom. The molecule has 0 bridgehead atoms. The summed E-state index contributed by atoms with van der Waals surface area (Å²) in [4.78, 5) is 20.3. The van der Waals surface area contributed by atoms with Gasteiger partial charge in [0.2, 0.25) is 0 Å². The highest BCUT2D eigenvalue weighted by atomic mass is 16.1. The summed E-state index contributed by atoms with van der Waals surface area (Å²) in [5.74, 6) is 0. The second-order valence-corrected chi connectivity index (χ2v) is 4.77. The summed E-state index contributed by atoms with van der Waals surface area (Å²) in [5.41, 5.74) is 0.110. The topological polar surface area (TPSA) is 71.6 Å². The second-order valence-electron chi connectivity index (χ2n) is 4.77. The van der Waals surface area contributed by atoms with E-state index in [4.69, 9.17) is 5.26 Å². The van der Waals surface area contributed by atoms with Gasteiger partial charge < -0.3 is 0 Å². The average molecular weight is 228 g/mol. The van der Waals surface area contributed by atoms with Crippen LogP contribution in [0, 0.1) is 11.3 Å². The third-order valence-corrected chi connectivity index (χ3v) is 2.46. The summed E-state index contributed by atoms with van der Waals surface area (Å²) < 4.78 is 1.56. The zero-order valence-electron chi connectivity index (χ0n) is 9.93. The van der Waals surface area contributed by atoms with Gasteiger partial charge in [0.25, 0.3) is 5.56 Å². The van der Waals surface area contributed by atoms with Gasteiger partial charge in [-0.15, -0.1) is 0 Å². The molecule has 2 heterocycles. The number of hydrogen-bond acceptors (Lipinski definition) is 4. The Morgan fingerprint density at radius 3 is 2.65 bits per heavy atom. The van der Waals surface area contributed by atoms with Gasteiger partial charge in [0.1, 0.15) is 18.1 Å². The van der Waals surface area contributed by atoms with Crippen molar-refractivity contribution in [2.24, 2.45) is 0 Å². The minimum absolute atomic E-state index is 0.139. The monoisotopic (exact) mass is 228 g/mol. The van der Waals surface area contributed by atoms with E-state index in [0.29, 0.717) is 11.0 Å². The third kappa shape index (κ3) is 1.89. The van der Waals surface area contributed by atoms with E-state index >= 15 is 0 Å². The van der Waals surface area contributed by atoms with E-state index in [1.807, 2.05) is 26.8 Å². The molecule has 0 aliphatic carbocycles. The van der Waals surface area contributed by atoms with Crippen LogP contribution < -0.4 is 5.56 Å². The van der Waals surface area contributed by atoms with Gasteiger partial charge in [0.05, 0.1) is 5.39 Å². The predicted molar refractivity (Wildman–Crippen MR) is 63.5 cm³/mol. The van der Waals surface area contributed by atoms with Crippen molar-refractivity contribution in [3.8, 4) is 6.07 Å². The van der Waals surface area contributed by atoms with E-state index in [9.17, 15) is 4.79 Å². The molecule has 5 heteroatoms. The lowest BCUT2D eigenvalue weighted by Crippen LogP contribution is -2.34. The summed E-state index contributed by atoms with van der Waals surface area (Å²) in [6.07, 6.45) is 1.47. The number of pyridine rings is 1. The maximum absolute atomic E-state index is 12.2. The normalized spacial score (nSPS) is 11.4. The van der Waals surface area contributed by atoms with Crippen LogP contribution in [0.5, 0.6) is 0 Å². The first-order valence-electron chi connectivity index (χ1n) is 5.22. The Kier molecular flexibility index (Phi) is 2.43. The summed E-state index contributed by atoms with van der Waals surface area (Å²) in [6.45, 7) is 5.79. The average Bonchev–Trinajstić information content (AvgIpc) is 2.27. The maximum Gasteiger partial charge on any atom is 0.263 e. The molecule has 2 rings (SSSR count). The number of fused-ring (bicyclic) bond motifs is 1. The fraction of sp³-hybridized carbons (Fsp3) is 0.333. The van der Waals surface area contributed by atoms with Crippen LogP contribution in [-0.2, 0) is 5.54 Å². The molecule has 0 radical (unpaired) electrons. The Morgan fingerprint density at radius 2 is 2.06 bits per heavy atom. The number of nitriles is 1. The van der Waals surface area contributed by atoms with Crippen LogP contribution in [-0.4, -0.2) is 14.5 Å². The fourth-order valence-corrected chi connectivity index (χ4v) is 1.55. The fourth-order valence-electron chi connectivity index (χ4n) is 1.55. The molecule has 0 aliphatic heterocycles. The van der Waals surface area contributed by atoms with E-state index < -0.39 is 0 Å². The molecule has 0 atom stereocenters. The van der Waals surface area contributed by atoms with Crippen molar-refractivity contribution >= 4 is 11.0 Å². The van der Waals surface area contributed by atoms with Crippen molar-refractivity contribution < 1.29 is 0 Å². The standard InChI is InChI=1S/C12H12N4O/c1-12(2,3)16-7-14-10-9(11(16)17)5-4-8(6-13)15-10/h4-5,7H,1-3H3. The van der Waals surface area contributed by atoms with Crippen molar-refractivity contribution in [2.75, 3.05) is 0 Å². The van der Waals surface area contributed by atoms with Crippen LogP contribution in [0.4, 0.5) is 0 Å². The molecule has 0 unspecified atom stereocenters. The van der Waals surface area contributed by atoms with Crippen molar-refractivity contribution in [3.63, 3.8) is 0 Å². The Labute approximate surface area is 98.4 Å². The third-order valence-electron chi connectivity index (χ3n) is 2.46. The summed E-state index contributed by atoms with van der Waals surface area (Å²) in [6, 6.07) is 5.05. The molecule has 86 valence electrons. The molecule has 0 saturated carbocycles. The first-order chi connectivity index (χ1) is 7.93. The van der Waals surface area contributed by atoms with Crippen LogP contribution in [0.1, 0.15) is 26.5 Å². The van der Waals surface area contributed by atoms with Crippen molar-refractivity contribution in [2.45, 2.75) is 26.3 Å². The van der Waals surface area contributed by atoms with Crippen molar-refractivity contribution in [1.29, 1.82) is 5.26 Å². The van der Waals surface area contributed by atoms with Gasteiger partial charge in [-0.25, -0.2) is 9.97 Å². The van der Waals surface area contributed by atoms with Crippen LogP contribution in [0.3, 0.4) is 0 Å². The highest BCUT2D eigenvalue weighted by molar-refractivity contribution is 5.73. The molecule has 0 amide bonds. The van der Waals surface area contributed by atoms with Gasteiger partial charge in [0, 0.05) is 5.54 Å². The van der Waals surface area contributed by atoms with E-state index in [1.54, 1.807) is 10.6 Å². The molecule has 0 N–H and O–H groups in total. The van der Waals surface area contributed by atoms with E-state index in [1.165, 1.54) is 12.4 Å². The van der Waals surface area contributed by atoms with E-state index in [2.05, 4.69) is 9.97 Å². The van der Waals surface area contributed by atoms with Crippen molar-refractivity contribution in [3.05, 3.63) is 34.5 Å². The largest absolute Gasteiger partial charge is 0.293 e. The maximum atomic E-state index is 12.2. The highest BCUT2D eigenvalue weighted by Crippen LogP contribution is 2.12. The van der Waals surface area contributed by atoms with Gasteiger partial charge in [-0.2, -0.15) is 5.26 Å². The molecule has 0 saturated heterocycles.